The van der Waals surface area contributed by atoms with Gasteiger partial charge < -0.3 is 23.9 Å². The third-order valence-electron chi connectivity index (χ3n) is 5.68. The van der Waals surface area contributed by atoms with E-state index in [9.17, 15) is 4.79 Å². The van der Waals surface area contributed by atoms with Gasteiger partial charge in [-0.3, -0.25) is 4.79 Å². The molecular weight excluding hydrogens is 484 g/mol. The minimum atomic E-state index is -0.145. The van der Waals surface area contributed by atoms with Crippen molar-refractivity contribution in [2.75, 3.05) is 19.5 Å². The Balaban J connectivity index is 0.000000189. The quantitative estimate of drug-likeness (QED) is 0.282. The number of aromatic nitrogens is 1. The van der Waals surface area contributed by atoms with E-state index in [4.69, 9.17) is 18.5 Å². The Bertz CT molecular complexity index is 1310. The average Bonchev–Trinajstić information content (AvgIpc) is 3.41. The standard InChI is InChI=1S/C16H12N2O2S2.C9H10O2.CH4O/c1-17-13-8-19-18-12(13)3-2-11-6-10-7-14-16(4-5-16)9-22(14)20-15(10)21-11;1-8(11-7-10)9-5-3-2-4-6-9;1-2/h6-9,17H,4-5H2,1H3;2-8H,1H3;2H,1H3. The monoisotopic (exact) mass is 510 g/mol. The molecule has 0 saturated heterocycles. The van der Waals surface area contributed by atoms with Gasteiger partial charge in [-0.15, -0.1) is 0 Å². The number of aliphatic hydroxyl groups excluding tert-OH is 1. The van der Waals surface area contributed by atoms with Crippen LogP contribution in [0.5, 0.6) is 5.06 Å². The third kappa shape index (κ3) is 5.35. The lowest BCUT2D eigenvalue weighted by Crippen LogP contribution is -2.19. The number of hydrogen-bond acceptors (Lipinski definition) is 8. The van der Waals surface area contributed by atoms with Crippen molar-refractivity contribution < 1.29 is 23.3 Å². The van der Waals surface area contributed by atoms with Gasteiger partial charge in [0.2, 0.25) is 0 Å². The Hall–Kier alpha value is -3.32. The third-order valence-corrected chi connectivity index (χ3v) is 8.70. The molecule has 1 spiro atoms. The average molecular weight is 511 g/mol. The zero-order chi connectivity index (χ0) is 24.8. The Morgan fingerprint density at radius 2 is 2.06 bits per heavy atom. The molecule has 1 fully saturated rings. The molecule has 182 valence electrons. The molecular formula is C26H26N2O5S2. The van der Waals surface area contributed by atoms with E-state index in [-0.39, 0.29) is 16.9 Å². The molecule has 0 amide bonds. The molecule has 1 aliphatic carbocycles. The van der Waals surface area contributed by atoms with Crippen molar-refractivity contribution in [2.45, 2.75) is 25.9 Å². The Labute approximate surface area is 210 Å². The number of nitrogens with one attached hydrogen (secondary N) is 1. The van der Waals surface area contributed by atoms with Crippen LogP contribution < -0.4 is 9.50 Å². The number of carbonyl (C=O) groups excluding carboxylic acids is 1. The Kier molecular flexibility index (Phi) is 7.76. The van der Waals surface area contributed by atoms with Gasteiger partial charge in [0.05, 0.1) is 4.88 Å². The predicted molar refractivity (Wildman–Crippen MR) is 140 cm³/mol. The van der Waals surface area contributed by atoms with E-state index in [2.05, 4.69) is 39.8 Å². The normalized spacial score (nSPS) is 17.8. The number of nitrogens with zero attached hydrogens (tertiary/aromatic N) is 1. The molecule has 3 aliphatic rings. The summed E-state index contributed by atoms with van der Waals surface area (Å²) in [4.78, 5) is 12.4. The number of allylic oxidation sites excluding steroid dienone is 1. The maximum absolute atomic E-state index is 9.97. The highest BCUT2D eigenvalue weighted by Gasteiger charge is 2.54. The van der Waals surface area contributed by atoms with Crippen molar-refractivity contribution in [3.63, 3.8) is 0 Å². The van der Waals surface area contributed by atoms with E-state index in [0.717, 1.165) is 28.3 Å². The fourth-order valence-corrected chi connectivity index (χ4v) is 6.68. The minimum absolute atomic E-state index is 0.0870. The summed E-state index contributed by atoms with van der Waals surface area (Å²) in [6.45, 7) is 2.31. The topological polar surface area (TPSA) is 93.8 Å². The van der Waals surface area contributed by atoms with Crippen LogP contribution >= 0.6 is 22.1 Å². The molecule has 35 heavy (non-hydrogen) atoms. The van der Waals surface area contributed by atoms with Crippen molar-refractivity contribution in [2.24, 2.45) is 5.41 Å². The van der Waals surface area contributed by atoms with Crippen LogP contribution in [-0.4, -0.2) is 36.3 Å². The van der Waals surface area contributed by atoms with Gasteiger partial charge >= 0.3 is 0 Å². The molecule has 1 aromatic carbocycles. The molecule has 9 heteroatoms. The van der Waals surface area contributed by atoms with Crippen LogP contribution in [0.1, 0.15) is 47.6 Å². The van der Waals surface area contributed by atoms with Crippen molar-refractivity contribution >= 4 is 45.7 Å². The number of fused-ring (bicyclic) bond motifs is 3. The summed E-state index contributed by atoms with van der Waals surface area (Å²) in [5.74, 6) is 6.20. The fourth-order valence-electron chi connectivity index (χ4n) is 3.59. The zero-order valence-electron chi connectivity index (χ0n) is 19.6. The highest BCUT2D eigenvalue weighted by Crippen LogP contribution is 2.67. The van der Waals surface area contributed by atoms with E-state index in [1.807, 2.05) is 44.3 Å². The van der Waals surface area contributed by atoms with Crippen molar-refractivity contribution in [1.29, 1.82) is 0 Å². The second kappa shape index (κ2) is 11.0. The van der Waals surface area contributed by atoms with Gasteiger partial charge in [-0.05, 0) is 54.7 Å². The zero-order valence-corrected chi connectivity index (χ0v) is 21.2. The van der Waals surface area contributed by atoms with Crippen LogP contribution in [-0.2, 0) is 9.53 Å². The second-order valence-corrected chi connectivity index (χ2v) is 10.3. The van der Waals surface area contributed by atoms with Gasteiger partial charge in [0.1, 0.15) is 18.1 Å². The molecule has 0 bridgehead atoms. The van der Waals surface area contributed by atoms with Gasteiger partial charge in [0, 0.05) is 40.8 Å². The molecule has 2 aliphatic heterocycles. The fraction of sp³-hybridized carbons (Fsp3) is 0.269. The first-order chi connectivity index (χ1) is 17.1. The number of thiophene rings is 1. The molecule has 6 rings (SSSR count). The summed E-state index contributed by atoms with van der Waals surface area (Å²) in [5, 5.41) is 17.3. The van der Waals surface area contributed by atoms with Crippen molar-refractivity contribution in [3.8, 4) is 16.9 Å². The predicted octanol–water partition coefficient (Wildman–Crippen LogP) is 5.22. The number of aliphatic hydroxyl groups is 1. The minimum Gasteiger partial charge on any atom is -0.460 e. The molecule has 2 unspecified atom stereocenters. The molecule has 1 saturated carbocycles. The highest BCUT2D eigenvalue weighted by molar-refractivity contribution is 8.16. The van der Waals surface area contributed by atoms with Gasteiger partial charge in [0.15, 0.2) is 10.8 Å². The summed E-state index contributed by atoms with van der Waals surface area (Å²) in [5.41, 5.74) is 4.01. The number of carbonyl (C=O) groups is 1. The van der Waals surface area contributed by atoms with Crippen LogP contribution in [0, 0.1) is 17.3 Å². The number of rotatable bonds is 4. The van der Waals surface area contributed by atoms with Crippen molar-refractivity contribution in [1.82, 2.24) is 5.16 Å². The lowest BCUT2D eigenvalue weighted by Gasteiger charge is -2.32. The van der Waals surface area contributed by atoms with Crippen LogP contribution in [0.4, 0.5) is 5.69 Å². The number of anilines is 1. The van der Waals surface area contributed by atoms with Crippen LogP contribution in [0.3, 0.4) is 0 Å². The lowest BCUT2D eigenvalue weighted by atomic mass is 10.1. The number of ether oxygens (including phenoxy) is 1. The Morgan fingerprint density at radius 3 is 2.74 bits per heavy atom. The van der Waals surface area contributed by atoms with Gasteiger partial charge in [0.25, 0.3) is 6.47 Å². The maximum atomic E-state index is 9.97. The van der Waals surface area contributed by atoms with Gasteiger partial charge in [-0.1, -0.05) is 46.8 Å². The van der Waals surface area contributed by atoms with Gasteiger partial charge in [-0.25, -0.2) is 0 Å². The van der Waals surface area contributed by atoms with E-state index in [0.29, 0.717) is 17.6 Å². The summed E-state index contributed by atoms with van der Waals surface area (Å²) >= 11 is 1.60. The summed E-state index contributed by atoms with van der Waals surface area (Å²) in [7, 11) is 2.73. The maximum Gasteiger partial charge on any atom is 0.293 e. The molecule has 7 nitrogen and oxygen atoms in total. The molecule has 2 aromatic heterocycles. The summed E-state index contributed by atoms with van der Waals surface area (Å²) in [6.07, 6.45) is 6.30. The van der Waals surface area contributed by atoms with Crippen LogP contribution in [0.25, 0.3) is 6.08 Å². The molecule has 4 heterocycles. The first-order valence-corrected chi connectivity index (χ1v) is 13.0. The largest absolute Gasteiger partial charge is 0.460 e. The SMILES string of the molecule is CC(OC=O)c1ccccc1.CNc1conc1C#Cc1cc2c(s1)OS1=CC3(CC3)C1=C2.CO. The first kappa shape index (κ1) is 24.8. The van der Waals surface area contributed by atoms with Crippen molar-refractivity contribution in [3.05, 3.63) is 69.3 Å². The molecule has 2 atom stereocenters. The summed E-state index contributed by atoms with van der Waals surface area (Å²) in [6, 6.07) is 11.7. The van der Waals surface area contributed by atoms with E-state index in [1.54, 1.807) is 17.6 Å². The smallest absolute Gasteiger partial charge is 0.293 e. The number of hydrogen-bond donors (Lipinski definition) is 2. The van der Waals surface area contributed by atoms with E-state index in [1.165, 1.54) is 23.3 Å². The molecule has 2 N–H and O–H groups in total. The Morgan fingerprint density at radius 1 is 1.29 bits per heavy atom. The van der Waals surface area contributed by atoms with Crippen LogP contribution in [0.2, 0.25) is 0 Å². The first-order valence-electron chi connectivity index (χ1n) is 11.0. The number of benzene rings is 1. The van der Waals surface area contributed by atoms with E-state index >= 15 is 0 Å². The molecule has 0 radical (unpaired) electrons. The van der Waals surface area contributed by atoms with E-state index < -0.39 is 0 Å². The highest BCUT2D eigenvalue weighted by atomic mass is 32.2. The second-order valence-electron chi connectivity index (χ2n) is 7.88. The van der Waals surface area contributed by atoms with Gasteiger partial charge in [-0.2, -0.15) is 0 Å². The summed E-state index contributed by atoms with van der Waals surface area (Å²) < 4.78 is 15.7. The molecule has 3 aromatic rings. The lowest BCUT2D eigenvalue weighted by molar-refractivity contribution is -0.133. The van der Waals surface area contributed by atoms with Crippen LogP contribution in [0.15, 0.2) is 52.1 Å².